The van der Waals surface area contributed by atoms with Crippen LogP contribution in [0.25, 0.3) is 11.2 Å². The molecular weight excluding hydrogens is 268 g/mol. The molecule has 1 aliphatic heterocycles. The number of hydrogen-bond acceptors (Lipinski definition) is 6. The van der Waals surface area contributed by atoms with Crippen LogP contribution in [0.3, 0.4) is 0 Å². The summed E-state index contributed by atoms with van der Waals surface area (Å²) in [6.07, 6.45) is 6.85. The lowest BCUT2D eigenvalue weighted by Crippen LogP contribution is -2.53. The quantitative estimate of drug-likeness (QED) is 0.872. The summed E-state index contributed by atoms with van der Waals surface area (Å²) in [4.78, 5) is 18.9. The zero-order valence-corrected chi connectivity index (χ0v) is 12.2. The SMILES string of the molecule is CNc1nc(N2CCOC3CCCCC32)c2[nH]cnc2n1. The van der Waals surface area contributed by atoms with Crippen molar-refractivity contribution in [2.45, 2.75) is 37.8 Å². The largest absolute Gasteiger partial charge is 0.374 e. The summed E-state index contributed by atoms with van der Waals surface area (Å²) in [5.41, 5.74) is 1.63. The summed E-state index contributed by atoms with van der Waals surface area (Å²) in [7, 11) is 1.83. The molecule has 1 saturated heterocycles. The zero-order valence-electron chi connectivity index (χ0n) is 12.2. The van der Waals surface area contributed by atoms with Gasteiger partial charge in [0.1, 0.15) is 5.52 Å². The van der Waals surface area contributed by atoms with Crippen molar-refractivity contribution < 1.29 is 4.74 Å². The molecule has 7 heteroatoms. The van der Waals surface area contributed by atoms with Crippen LogP contribution < -0.4 is 10.2 Å². The van der Waals surface area contributed by atoms with E-state index in [-0.39, 0.29) is 0 Å². The minimum absolute atomic E-state index is 0.332. The number of hydrogen-bond donors (Lipinski definition) is 2. The number of aromatic nitrogens is 4. The Morgan fingerprint density at radius 1 is 1.33 bits per heavy atom. The van der Waals surface area contributed by atoms with Crippen LogP contribution in [0.2, 0.25) is 0 Å². The molecule has 1 aliphatic carbocycles. The third kappa shape index (κ3) is 2.12. The van der Waals surface area contributed by atoms with Gasteiger partial charge in [0.15, 0.2) is 11.5 Å². The number of H-pyrrole nitrogens is 1. The Balaban J connectivity index is 1.78. The maximum absolute atomic E-state index is 5.96. The first-order valence-corrected chi connectivity index (χ1v) is 7.64. The minimum Gasteiger partial charge on any atom is -0.374 e. The lowest BCUT2D eigenvalue weighted by atomic mass is 9.90. The molecule has 2 N–H and O–H groups in total. The van der Waals surface area contributed by atoms with Gasteiger partial charge in [0.2, 0.25) is 5.95 Å². The fraction of sp³-hybridized carbons (Fsp3) is 0.643. The average molecular weight is 288 g/mol. The Bertz CT molecular complexity index is 639. The molecule has 2 aromatic heterocycles. The van der Waals surface area contributed by atoms with Crippen LogP contribution in [0.5, 0.6) is 0 Å². The van der Waals surface area contributed by atoms with Gasteiger partial charge in [-0.25, -0.2) is 4.98 Å². The van der Waals surface area contributed by atoms with Crippen molar-refractivity contribution in [2.24, 2.45) is 0 Å². The smallest absolute Gasteiger partial charge is 0.226 e. The van der Waals surface area contributed by atoms with Crippen molar-refractivity contribution in [3.8, 4) is 0 Å². The van der Waals surface area contributed by atoms with Crippen molar-refractivity contribution in [3.05, 3.63) is 6.33 Å². The Hall–Kier alpha value is -1.89. The molecule has 7 nitrogen and oxygen atoms in total. The summed E-state index contributed by atoms with van der Waals surface area (Å²) >= 11 is 0. The van der Waals surface area contributed by atoms with E-state index in [4.69, 9.17) is 4.74 Å². The summed E-state index contributed by atoms with van der Waals surface area (Å²) < 4.78 is 5.96. The molecule has 0 spiro atoms. The van der Waals surface area contributed by atoms with E-state index in [1.165, 1.54) is 19.3 Å². The van der Waals surface area contributed by atoms with Gasteiger partial charge >= 0.3 is 0 Å². The molecule has 1 saturated carbocycles. The molecule has 21 heavy (non-hydrogen) atoms. The molecule has 2 aliphatic rings. The first-order valence-electron chi connectivity index (χ1n) is 7.64. The maximum atomic E-state index is 5.96. The second-order valence-electron chi connectivity index (χ2n) is 5.68. The average Bonchev–Trinajstić information content (AvgIpc) is 3.02. The summed E-state index contributed by atoms with van der Waals surface area (Å²) in [5, 5.41) is 3.03. The lowest BCUT2D eigenvalue weighted by Gasteiger charge is -2.44. The van der Waals surface area contributed by atoms with Crippen LogP contribution in [-0.4, -0.2) is 52.3 Å². The number of fused-ring (bicyclic) bond motifs is 2. The van der Waals surface area contributed by atoms with E-state index >= 15 is 0 Å². The molecule has 0 bridgehead atoms. The monoisotopic (exact) mass is 288 g/mol. The second kappa shape index (κ2) is 5.14. The van der Waals surface area contributed by atoms with Gasteiger partial charge in [0, 0.05) is 13.6 Å². The lowest BCUT2D eigenvalue weighted by molar-refractivity contribution is -0.00887. The van der Waals surface area contributed by atoms with E-state index in [1.54, 1.807) is 6.33 Å². The number of morpholine rings is 1. The van der Waals surface area contributed by atoms with E-state index in [0.29, 0.717) is 23.7 Å². The molecular formula is C14H20N6O. The number of imidazole rings is 1. The Morgan fingerprint density at radius 3 is 3.14 bits per heavy atom. The highest BCUT2D eigenvalue weighted by Crippen LogP contribution is 2.33. The number of aromatic amines is 1. The van der Waals surface area contributed by atoms with Crippen LogP contribution in [0.4, 0.5) is 11.8 Å². The fourth-order valence-electron chi connectivity index (χ4n) is 3.50. The highest BCUT2D eigenvalue weighted by molar-refractivity contribution is 5.84. The molecule has 2 aromatic rings. The Kier molecular flexibility index (Phi) is 3.14. The van der Waals surface area contributed by atoms with Crippen LogP contribution >= 0.6 is 0 Å². The first-order chi connectivity index (χ1) is 10.4. The number of ether oxygens (including phenoxy) is 1. The predicted octanol–water partition coefficient (Wildman–Crippen LogP) is 1.54. The van der Waals surface area contributed by atoms with Crippen molar-refractivity contribution in [1.29, 1.82) is 0 Å². The normalized spacial score (nSPS) is 25.9. The number of nitrogens with one attached hydrogen (secondary N) is 2. The highest BCUT2D eigenvalue weighted by Gasteiger charge is 2.36. The molecule has 0 radical (unpaired) electrons. The summed E-state index contributed by atoms with van der Waals surface area (Å²) in [6.45, 7) is 1.63. The third-order valence-electron chi connectivity index (χ3n) is 4.49. The molecule has 0 aromatic carbocycles. The number of nitrogens with zero attached hydrogens (tertiary/aromatic N) is 4. The molecule has 4 rings (SSSR count). The Labute approximate surface area is 123 Å². The highest BCUT2D eigenvalue weighted by atomic mass is 16.5. The maximum Gasteiger partial charge on any atom is 0.226 e. The van der Waals surface area contributed by atoms with Crippen LogP contribution in [-0.2, 0) is 4.74 Å². The van der Waals surface area contributed by atoms with Gasteiger partial charge in [-0.05, 0) is 12.8 Å². The predicted molar refractivity (Wildman–Crippen MR) is 80.6 cm³/mol. The van der Waals surface area contributed by atoms with Crippen molar-refractivity contribution >= 4 is 22.9 Å². The standard InChI is InChI=1S/C14H20N6O/c1-15-14-18-12-11(16-8-17-12)13(19-14)20-6-7-21-10-5-3-2-4-9(10)20/h8-10H,2-7H2,1H3,(H2,15,16,17,18,19). The fourth-order valence-corrected chi connectivity index (χ4v) is 3.50. The van der Waals surface area contributed by atoms with Crippen LogP contribution in [0.15, 0.2) is 6.33 Å². The Morgan fingerprint density at radius 2 is 2.24 bits per heavy atom. The molecule has 2 atom stereocenters. The van der Waals surface area contributed by atoms with E-state index in [0.717, 1.165) is 30.9 Å². The minimum atomic E-state index is 0.332. The van der Waals surface area contributed by atoms with Crippen LogP contribution in [0, 0.1) is 0 Å². The first kappa shape index (κ1) is 12.8. The van der Waals surface area contributed by atoms with Gasteiger partial charge in [0.05, 0.1) is 25.1 Å². The summed E-state index contributed by atoms with van der Waals surface area (Å²) in [5.74, 6) is 1.56. The van der Waals surface area contributed by atoms with E-state index in [9.17, 15) is 0 Å². The van der Waals surface area contributed by atoms with Gasteiger partial charge in [0.25, 0.3) is 0 Å². The topological polar surface area (TPSA) is 79.0 Å². The number of anilines is 2. The van der Waals surface area contributed by atoms with Crippen LogP contribution in [0.1, 0.15) is 25.7 Å². The molecule has 112 valence electrons. The van der Waals surface area contributed by atoms with Gasteiger partial charge < -0.3 is 19.9 Å². The third-order valence-corrected chi connectivity index (χ3v) is 4.49. The second-order valence-corrected chi connectivity index (χ2v) is 5.68. The van der Waals surface area contributed by atoms with Crippen molar-refractivity contribution in [3.63, 3.8) is 0 Å². The van der Waals surface area contributed by atoms with Gasteiger partial charge in [-0.2, -0.15) is 9.97 Å². The zero-order chi connectivity index (χ0) is 14.2. The number of rotatable bonds is 2. The van der Waals surface area contributed by atoms with E-state index in [1.807, 2.05) is 7.05 Å². The van der Waals surface area contributed by atoms with Crippen molar-refractivity contribution in [1.82, 2.24) is 19.9 Å². The van der Waals surface area contributed by atoms with E-state index < -0.39 is 0 Å². The van der Waals surface area contributed by atoms with Crippen molar-refractivity contribution in [2.75, 3.05) is 30.4 Å². The van der Waals surface area contributed by atoms with Gasteiger partial charge in [-0.3, -0.25) is 0 Å². The van der Waals surface area contributed by atoms with Gasteiger partial charge in [-0.1, -0.05) is 12.8 Å². The molecule has 2 unspecified atom stereocenters. The molecule has 0 amide bonds. The summed E-state index contributed by atoms with van der Waals surface area (Å²) in [6, 6.07) is 0.415. The molecule has 2 fully saturated rings. The van der Waals surface area contributed by atoms with Gasteiger partial charge in [-0.15, -0.1) is 0 Å². The molecule has 3 heterocycles. The van der Waals surface area contributed by atoms with E-state index in [2.05, 4.69) is 30.2 Å².